The van der Waals surface area contributed by atoms with Crippen molar-refractivity contribution in [3.63, 3.8) is 0 Å². The van der Waals surface area contributed by atoms with Crippen LogP contribution in [-0.4, -0.2) is 32.3 Å². The summed E-state index contributed by atoms with van der Waals surface area (Å²) < 4.78 is 1.91. The second-order valence-electron chi connectivity index (χ2n) is 4.71. The van der Waals surface area contributed by atoms with E-state index in [9.17, 15) is 0 Å². The molecule has 0 spiro atoms. The average molecular weight is 274 g/mol. The van der Waals surface area contributed by atoms with E-state index in [1.54, 1.807) is 6.20 Å². The lowest BCUT2D eigenvalue weighted by Gasteiger charge is -2.16. The standard InChI is InChI=1S/C14H22N6/c1-4-12-18-13(15-5-2)9-14(19-12)17-11(3)10-20-8-6-7-16-20/h6-9,11H,4-5,10H2,1-3H3,(H2,15,17,18,19). The zero-order chi connectivity index (χ0) is 14.4. The molecule has 20 heavy (non-hydrogen) atoms. The highest BCUT2D eigenvalue weighted by atomic mass is 15.3. The first-order valence-corrected chi connectivity index (χ1v) is 7.07. The molecule has 1 unspecified atom stereocenters. The van der Waals surface area contributed by atoms with E-state index in [1.165, 1.54) is 0 Å². The first-order chi connectivity index (χ1) is 9.71. The van der Waals surface area contributed by atoms with Crippen molar-refractivity contribution >= 4 is 11.6 Å². The summed E-state index contributed by atoms with van der Waals surface area (Å²) in [6.45, 7) is 7.88. The van der Waals surface area contributed by atoms with Crippen LogP contribution in [-0.2, 0) is 13.0 Å². The fourth-order valence-electron chi connectivity index (χ4n) is 1.99. The van der Waals surface area contributed by atoms with Crippen molar-refractivity contribution in [3.05, 3.63) is 30.4 Å². The maximum absolute atomic E-state index is 4.51. The van der Waals surface area contributed by atoms with Crippen LogP contribution in [0.4, 0.5) is 11.6 Å². The van der Waals surface area contributed by atoms with Gasteiger partial charge in [0.2, 0.25) is 0 Å². The summed E-state index contributed by atoms with van der Waals surface area (Å²) in [5, 5.41) is 10.8. The molecule has 1 atom stereocenters. The lowest BCUT2D eigenvalue weighted by molar-refractivity contribution is 0.559. The summed E-state index contributed by atoms with van der Waals surface area (Å²) in [5.41, 5.74) is 0. The van der Waals surface area contributed by atoms with Gasteiger partial charge in [-0.15, -0.1) is 0 Å². The highest BCUT2D eigenvalue weighted by Gasteiger charge is 2.07. The van der Waals surface area contributed by atoms with Crippen LogP contribution in [0.15, 0.2) is 24.5 Å². The molecule has 0 bridgehead atoms. The fourth-order valence-corrected chi connectivity index (χ4v) is 1.99. The van der Waals surface area contributed by atoms with Gasteiger partial charge in [0.05, 0.1) is 6.54 Å². The molecule has 2 aromatic heterocycles. The third-order valence-corrected chi connectivity index (χ3v) is 2.86. The quantitative estimate of drug-likeness (QED) is 0.810. The van der Waals surface area contributed by atoms with Crippen LogP contribution < -0.4 is 10.6 Å². The van der Waals surface area contributed by atoms with Crippen molar-refractivity contribution in [1.29, 1.82) is 0 Å². The largest absolute Gasteiger partial charge is 0.370 e. The van der Waals surface area contributed by atoms with Gasteiger partial charge in [0, 0.05) is 37.5 Å². The van der Waals surface area contributed by atoms with E-state index >= 15 is 0 Å². The average Bonchev–Trinajstić information content (AvgIpc) is 2.91. The Balaban J connectivity index is 2.05. The zero-order valence-corrected chi connectivity index (χ0v) is 12.3. The summed E-state index contributed by atoms with van der Waals surface area (Å²) >= 11 is 0. The van der Waals surface area contributed by atoms with E-state index in [4.69, 9.17) is 0 Å². The van der Waals surface area contributed by atoms with E-state index in [-0.39, 0.29) is 6.04 Å². The van der Waals surface area contributed by atoms with Crippen LogP contribution in [0.1, 0.15) is 26.6 Å². The second-order valence-corrected chi connectivity index (χ2v) is 4.71. The van der Waals surface area contributed by atoms with Crippen LogP contribution in [0, 0.1) is 0 Å². The van der Waals surface area contributed by atoms with E-state index in [2.05, 4.69) is 46.5 Å². The highest BCUT2D eigenvalue weighted by Crippen LogP contribution is 2.13. The van der Waals surface area contributed by atoms with Crippen LogP contribution in [0.25, 0.3) is 0 Å². The molecule has 6 heteroatoms. The Labute approximate surface area is 119 Å². The Morgan fingerprint density at radius 2 is 2.05 bits per heavy atom. The summed E-state index contributed by atoms with van der Waals surface area (Å²) in [6, 6.07) is 4.11. The SMILES string of the molecule is CCNc1cc(NC(C)Cn2cccn2)nc(CC)n1. The Kier molecular flexibility index (Phi) is 4.92. The molecule has 6 nitrogen and oxygen atoms in total. The van der Waals surface area contributed by atoms with Crippen LogP contribution >= 0.6 is 0 Å². The second kappa shape index (κ2) is 6.88. The lowest BCUT2D eigenvalue weighted by atomic mass is 10.3. The summed E-state index contributed by atoms with van der Waals surface area (Å²) in [5.74, 6) is 2.57. The molecule has 0 fully saturated rings. The highest BCUT2D eigenvalue weighted by molar-refractivity contribution is 5.48. The fraction of sp³-hybridized carbons (Fsp3) is 0.500. The molecule has 0 radical (unpaired) electrons. The number of nitrogens with zero attached hydrogens (tertiary/aromatic N) is 4. The van der Waals surface area contributed by atoms with Crippen LogP contribution in [0.2, 0.25) is 0 Å². The third-order valence-electron chi connectivity index (χ3n) is 2.86. The summed E-state index contributed by atoms with van der Waals surface area (Å²) in [6.07, 6.45) is 4.57. The van der Waals surface area contributed by atoms with Crippen LogP contribution in [0.3, 0.4) is 0 Å². The summed E-state index contributed by atoms with van der Waals surface area (Å²) in [7, 11) is 0. The van der Waals surface area contributed by atoms with E-state index in [0.29, 0.717) is 0 Å². The minimum Gasteiger partial charge on any atom is -0.370 e. The maximum Gasteiger partial charge on any atom is 0.132 e. The first-order valence-electron chi connectivity index (χ1n) is 7.07. The number of aryl methyl sites for hydroxylation is 1. The van der Waals surface area contributed by atoms with Crippen molar-refractivity contribution in [3.8, 4) is 0 Å². The van der Waals surface area contributed by atoms with Crippen molar-refractivity contribution < 1.29 is 0 Å². The molecule has 0 aliphatic rings. The lowest BCUT2D eigenvalue weighted by Crippen LogP contribution is -2.23. The molecule has 2 heterocycles. The topological polar surface area (TPSA) is 67.7 Å². The van der Waals surface area contributed by atoms with Gasteiger partial charge in [-0.05, 0) is 19.9 Å². The maximum atomic E-state index is 4.51. The molecule has 0 aliphatic carbocycles. The van der Waals surface area contributed by atoms with Gasteiger partial charge < -0.3 is 10.6 Å². The minimum absolute atomic E-state index is 0.240. The monoisotopic (exact) mass is 274 g/mol. The predicted octanol–water partition coefficient (Wildman–Crippen LogP) is 2.17. The van der Waals surface area contributed by atoms with E-state index < -0.39 is 0 Å². The molecule has 0 saturated heterocycles. The zero-order valence-electron chi connectivity index (χ0n) is 12.3. The van der Waals surface area contributed by atoms with Crippen molar-refractivity contribution in [2.75, 3.05) is 17.2 Å². The Bertz CT molecular complexity index is 522. The minimum atomic E-state index is 0.240. The van der Waals surface area contributed by atoms with Gasteiger partial charge >= 0.3 is 0 Å². The molecular formula is C14H22N6. The normalized spacial score (nSPS) is 12.2. The molecule has 2 rings (SSSR count). The molecule has 0 saturated carbocycles. The number of anilines is 2. The smallest absolute Gasteiger partial charge is 0.132 e. The molecule has 0 aliphatic heterocycles. The molecular weight excluding hydrogens is 252 g/mol. The van der Waals surface area contributed by atoms with Gasteiger partial charge in [-0.25, -0.2) is 9.97 Å². The van der Waals surface area contributed by atoms with Crippen LogP contribution in [0.5, 0.6) is 0 Å². The third kappa shape index (κ3) is 3.94. The number of nitrogens with one attached hydrogen (secondary N) is 2. The van der Waals surface area contributed by atoms with Crippen molar-refractivity contribution in [1.82, 2.24) is 19.7 Å². The van der Waals surface area contributed by atoms with Gasteiger partial charge in [-0.2, -0.15) is 5.10 Å². The molecule has 2 aromatic rings. The van der Waals surface area contributed by atoms with Crippen molar-refractivity contribution in [2.45, 2.75) is 39.8 Å². The van der Waals surface area contributed by atoms with Gasteiger partial charge in [0.1, 0.15) is 17.5 Å². The van der Waals surface area contributed by atoms with E-state index in [1.807, 2.05) is 23.0 Å². The van der Waals surface area contributed by atoms with Crippen molar-refractivity contribution in [2.24, 2.45) is 0 Å². The Morgan fingerprint density at radius 1 is 1.25 bits per heavy atom. The van der Waals surface area contributed by atoms with Gasteiger partial charge in [0.15, 0.2) is 0 Å². The summed E-state index contributed by atoms with van der Waals surface area (Å²) in [4.78, 5) is 8.96. The Morgan fingerprint density at radius 3 is 2.70 bits per heavy atom. The molecule has 2 N–H and O–H groups in total. The molecule has 0 amide bonds. The van der Waals surface area contributed by atoms with Gasteiger partial charge in [-0.1, -0.05) is 6.92 Å². The van der Waals surface area contributed by atoms with E-state index in [0.717, 1.165) is 37.0 Å². The predicted molar refractivity (Wildman–Crippen MR) is 80.9 cm³/mol. The van der Waals surface area contributed by atoms with Gasteiger partial charge in [-0.3, -0.25) is 4.68 Å². The molecule has 108 valence electrons. The first kappa shape index (κ1) is 14.3. The Hall–Kier alpha value is -2.11. The number of aromatic nitrogens is 4. The molecule has 0 aromatic carbocycles. The number of hydrogen-bond acceptors (Lipinski definition) is 5. The van der Waals surface area contributed by atoms with Gasteiger partial charge in [0.25, 0.3) is 0 Å². The number of hydrogen-bond donors (Lipinski definition) is 2. The number of rotatable bonds is 7.